The Bertz CT molecular complexity index is 1110. The van der Waals surface area contributed by atoms with E-state index in [2.05, 4.69) is 19.9 Å². The van der Waals surface area contributed by atoms with Gasteiger partial charge in [0.1, 0.15) is 0 Å². The van der Waals surface area contributed by atoms with Crippen molar-refractivity contribution >= 4 is 0 Å². The first kappa shape index (κ1) is 12.9. The Balaban J connectivity index is 0.000000245. The van der Waals surface area contributed by atoms with Crippen LogP contribution in [0.15, 0.2) is 97.7 Å². The minimum Gasteiger partial charge on any atom is -0.264 e. The molecule has 4 heteroatoms. The van der Waals surface area contributed by atoms with Crippen LogP contribution in [0.3, 0.4) is 0 Å². The number of hydrogen-bond acceptors (Lipinski definition) is 4. The van der Waals surface area contributed by atoms with E-state index in [1.807, 2.05) is 50.4 Å². The first-order valence-electron chi connectivity index (χ1n) is 12.4. The Labute approximate surface area is 179 Å². The molecule has 0 spiro atoms. The van der Waals surface area contributed by atoms with Gasteiger partial charge in [0, 0.05) is 48.5 Å². The van der Waals surface area contributed by atoms with Crippen LogP contribution < -0.4 is 0 Å². The van der Waals surface area contributed by atoms with Gasteiger partial charge < -0.3 is 0 Å². The van der Waals surface area contributed by atoms with Crippen molar-refractivity contribution in [3.05, 3.63) is 120 Å². The van der Waals surface area contributed by atoms with E-state index in [1.54, 1.807) is 26.2 Å². The highest BCUT2D eigenvalue weighted by Crippen LogP contribution is 1.89. The maximum atomic E-state index is 7.26. The van der Waals surface area contributed by atoms with Crippen LogP contribution in [0.1, 0.15) is 33.5 Å². The van der Waals surface area contributed by atoms with Gasteiger partial charge >= 0.3 is 0 Å². The molecule has 4 nitrogen and oxygen atoms in total. The first-order valence-corrected chi connectivity index (χ1v) is 8.43. The molecule has 4 rings (SSSR count). The van der Waals surface area contributed by atoms with Crippen molar-refractivity contribution in [2.24, 2.45) is 0 Å². The average Bonchev–Trinajstić information content (AvgIpc) is 2.86. The molecular formula is C24H28N4. The molecule has 0 aliphatic carbocycles. The Kier molecular flexibility index (Phi) is 6.79. The normalized spacial score (nSPS) is 12.7. The van der Waals surface area contributed by atoms with Crippen molar-refractivity contribution in [3.8, 4) is 0 Å². The molecule has 0 fully saturated rings. The van der Waals surface area contributed by atoms with Crippen LogP contribution in [0.4, 0.5) is 0 Å². The monoisotopic (exact) mass is 380 g/mol. The summed E-state index contributed by atoms with van der Waals surface area (Å²) in [5.74, 6) is 0. The van der Waals surface area contributed by atoms with Gasteiger partial charge in [-0.1, -0.05) is 24.2 Å². The molecule has 0 atom stereocenters. The quantitative estimate of drug-likeness (QED) is 0.401. The van der Waals surface area contributed by atoms with E-state index in [9.17, 15) is 0 Å². The second-order valence-corrected chi connectivity index (χ2v) is 5.40. The first-order chi connectivity index (χ1) is 16.9. The van der Waals surface area contributed by atoms with Gasteiger partial charge in [0.15, 0.2) is 0 Å². The molecule has 0 aromatic carbocycles. The third-order valence-corrected chi connectivity index (χ3v) is 2.79. The summed E-state index contributed by atoms with van der Waals surface area (Å²) in [6, 6.07) is 8.96. The van der Waals surface area contributed by atoms with Crippen molar-refractivity contribution < 1.29 is 11.0 Å². The minimum atomic E-state index is -0.300. The van der Waals surface area contributed by atoms with Gasteiger partial charge in [-0.2, -0.15) is 0 Å². The van der Waals surface area contributed by atoms with Crippen molar-refractivity contribution in [1.29, 1.82) is 0 Å². The van der Waals surface area contributed by atoms with Gasteiger partial charge in [-0.25, -0.2) is 0 Å². The fraction of sp³-hybridized carbons (Fsp3) is 0.167. The summed E-state index contributed by atoms with van der Waals surface area (Å²) in [4.78, 5) is 14.9. The molecule has 0 aliphatic heterocycles. The standard InChI is InChI=1S/4C6H7N/c2*1-6-3-2-4-7-5-6;2*1-6-4-2-3-5-7-6/h4*2-5H,1H3/i2D,3D,4D,5D;;2D,3D,4D,5D;. The third-order valence-electron chi connectivity index (χ3n) is 2.79. The van der Waals surface area contributed by atoms with E-state index >= 15 is 0 Å². The highest BCUT2D eigenvalue weighted by molar-refractivity contribution is 5.05. The topological polar surface area (TPSA) is 51.6 Å². The summed E-state index contributed by atoms with van der Waals surface area (Å²) >= 11 is 0. The number of aryl methyl sites for hydroxylation is 3. The van der Waals surface area contributed by atoms with Crippen LogP contribution in [0, 0.1) is 27.7 Å². The Morgan fingerprint density at radius 2 is 1.54 bits per heavy atom. The lowest BCUT2D eigenvalue weighted by molar-refractivity contribution is 1.20. The predicted octanol–water partition coefficient (Wildman–Crippen LogP) is 5.56. The molecule has 0 aliphatic rings. The van der Waals surface area contributed by atoms with Gasteiger partial charge in [-0.15, -0.1) is 0 Å². The zero-order valence-electron chi connectivity index (χ0n) is 24.4. The molecular weight excluding hydrogens is 344 g/mol. The SMILES string of the molecule is Cc1ccccn1.Cc1cccnc1.[2H]c1nc(C)c([2H])c([2H])c1[2H].[2H]c1nc([2H])c(C)c([2H])c1[2H]. The number of rotatable bonds is 0. The van der Waals surface area contributed by atoms with Gasteiger partial charge in [0.05, 0.1) is 11.0 Å². The number of pyridine rings is 4. The largest absolute Gasteiger partial charge is 0.264 e. The van der Waals surface area contributed by atoms with Gasteiger partial charge in [0.25, 0.3) is 0 Å². The zero-order chi connectivity index (χ0) is 27.4. The molecule has 0 unspecified atom stereocenters. The second-order valence-electron chi connectivity index (χ2n) is 5.40. The zero-order valence-corrected chi connectivity index (χ0v) is 16.4. The van der Waals surface area contributed by atoms with E-state index in [-0.39, 0.29) is 48.7 Å². The Hall–Kier alpha value is -3.40. The molecule has 0 radical (unpaired) electrons. The minimum absolute atomic E-state index is 0.0639. The van der Waals surface area contributed by atoms with Gasteiger partial charge in [0.2, 0.25) is 0 Å². The van der Waals surface area contributed by atoms with E-state index < -0.39 is 0 Å². The van der Waals surface area contributed by atoms with E-state index in [0.717, 1.165) is 5.69 Å². The molecule has 4 aromatic heterocycles. The van der Waals surface area contributed by atoms with Crippen LogP contribution in [-0.2, 0) is 0 Å². The van der Waals surface area contributed by atoms with Crippen molar-refractivity contribution in [1.82, 2.24) is 19.9 Å². The van der Waals surface area contributed by atoms with Crippen molar-refractivity contribution in [2.45, 2.75) is 27.7 Å². The van der Waals surface area contributed by atoms with Gasteiger partial charge in [-0.3, -0.25) is 19.9 Å². The smallest absolute Gasteiger partial charge is 0.0843 e. The lowest BCUT2D eigenvalue weighted by Crippen LogP contribution is -1.72. The molecule has 4 heterocycles. The molecule has 0 N–H and O–H groups in total. The summed E-state index contributed by atoms with van der Waals surface area (Å²) in [6.45, 7) is 7.10. The third kappa shape index (κ3) is 12.9. The number of nitrogens with zero attached hydrogens (tertiary/aromatic N) is 4. The summed E-state index contributed by atoms with van der Waals surface area (Å²) in [7, 11) is 0. The van der Waals surface area contributed by atoms with Gasteiger partial charge in [-0.05, 0) is 75.1 Å². The molecule has 144 valence electrons. The van der Waals surface area contributed by atoms with E-state index in [4.69, 9.17) is 11.0 Å². The number of hydrogen-bond donors (Lipinski definition) is 0. The van der Waals surface area contributed by atoms with E-state index in [1.165, 1.54) is 5.56 Å². The maximum Gasteiger partial charge on any atom is 0.0843 e. The highest BCUT2D eigenvalue weighted by atomic mass is 14.6. The lowest BCUT2D eigenvalue weighted by Gasteiger charge is -1.82. The molecule has 0 saturated heterocycles. The molecule has 0 bridgehead atoms. The summed E-state index contributed by atoms with van der Waals surface area (Å²) < 4.78 is 57.3. The predicted molar refractivity (Wildman–Crippen MR) is 116 cm³/mol. The van der Waals surface area contributed by atoms with Crippen LogP contribution in [-0.4, -0.2) is 19.9 Å². The van der Waals surface area contributed by atoms with Crippen LogP contribution in [0.5, 0.6) is 0 Å². The van der Waals surface area contributed by atoms with E-state index in [0.29, 0.717) is 11.3 Å². The fourth-order valence-electron chi connectivity index (χ4n) is 1.48. The molecule has 0 amide bonds. The van der Waals surface area contributed by atoms with Crippen LogP contribution >= 0.6 is 0 Å². The Morgan fingerprint density at radius 3 is 2.11 bits per heavy atom. The fourth-order valence-corrected chi connectivity index (χ4v) is 1.48. The summed E-state index contributed by atoms with van der Waals surface area (Å²) in [5.41, 5.74) is 2.96. The Morgan fingerprint density at radius 1 is 0.679 bits per heavy atom. The number of aromatic nitrogens is 4. The summed E-state index contributed by atoms with van der Waals surface area (Å²) in [5, 5.41) is 0. The van der Waals surface area contributed by atoms with Crippen LogP contribution in [0.25, 0.3) is 0 Å². The molecule has 4 aromatic rings. The maximum absolute atomic E-state index is 7.26. The van der Waals surface area contributed by atoms with Crippen molar-refractivity contribution in [2.75, 3.05) is 0 Å². The van der Waals surface area contributed by atoms with Crippen molar-refractivity contribution in [3.63, 3.8) is 0 Å². The molecule has 28 heavy (non-hydrogen) atoms. The lowest BCUT2D eigenvalue weighted by atomic mass is 10.3. The molecule has 0 saturated carbocycles. The summed E-state index contributed by atoms with van der Waals surface area (Å²) in [6.07, 6.45) is 4.77. The second kappa shape index (κ2) is 14.7. The highest BCUT2D eigenvalue weighted by Gasteiger charge is 1.75. The van der Waals surface area contributed by atoms with Crippen LogP contribution in [0.2, 0.25) is 0 Å². The average molecular weight is 381 g/mol.